The average molecular weight is 402 g/mol. The zero-order valence-corrected chi connectivity index (χ0v) is 16.4. The largest absolute Gasteiger partial charge is 0.366 e. The maximum absolute atomic E-state index is 11.8. The lowest BCUT2D eigenvalue weighted by Crippen LogP contribution is -2.18. The molecule has 1 aliphatic rings. The molecule has 2 amide bonds. The molecule has 0 spiro atoms. The normalized spacial score (nSPS) is 17.1. The fraction of sp³-hybridized carbons (Fsp3) is 0.182. The van der Waals surface area contributed by atoms with Gasteiger partial charge in [-0.15, -0.1) is 0 Å². The Morgan fingerprint density at radius 1 is 1.07 bits per heavy atom. The van der Waals surface area contributed by atoms with E-state index < -0.39 is 5.91 Å². The van der Waals surface area contributed by atoms with E-state index in [0.29, 0.717) is 29.1 Å². The van der Waals surface area contributed by atoms with Crippen LogP contribution in [0.3, 0.4) is 0 Å². The van der Waals surface area contributed by atoms with Crippen LogP contribution >= 0.6 is 0 Å². The highest BCUT2D eigenvalue weighted by Crippen LogP contribution is 2.42. The van der Waals surface area contributed by atoms with Crippen LogP contribution in [0.4, 0.5) is 23.1 Å². The van der Waals surface area contributed by atoms with E-state index in [1.807, 2.05) is 24.3 Å². The van der Waals surface area contributed by atoms with Crippen molar-refractivity contribution in [2.24, 2.45) is 5.73 Å². The summed E-state index contributed by atoms with van der Waals surface area (Å²) in [5, 5.41) is 9.15. The quantitative estimate of drug-likeness (QED) is 0.481. The van der Waals surface area contributed by atoms with Gasteiger partial charge in [-0.05, 0) is 30.2 Å². The Morgan fingerprint density at radius 3 is 2.57 bits per heavy atom. The van der Waals surface area contributed by atoms with Crippen LogP contribution in [-0.4, -0.2) is 27.8 Å². The number of primary amides is 1. The predicted octanol–water partition coefficient (Wildman–Crippen LogP) is 3.25. The summed E-state index contributed by atoms with van der Waals surface area (Å²) in [7, 11) is 0. The first-order chi connectivity index (χ1) is 14.5. The van der Waals surface area contributed by atoms with Gasteiger partial charge in [0.1, 0.15) is 5.82 Å². The summed E-state index contributed by atoms with van der Waals surface area (Å²) in [6.07, 6.45) is 2.37. The van der Waals surface area contributed by atoms with Gasteiger partial charge < -0.3 is 21.7 Å². The van der Waals surface area contributed by atoms with Crippen LogP contribution in [0.15, 0.2) is 60.8 Å². The van der Waals surface area contributed by atoms with E-state index in [2.05, 4.69) is 38.1 Å². The van der Waals surface area contributed by atoms with Crippen molar-refractivity contribution in [3.05, 3.63) is 71.9 Å². The van der Waals surface area contributed by atoms with E-state index in [-0.39, 0.29) is 17.5 Å². The van der Waals surface area contributed by atoms with Crippen LogP contribution in [0, 0.1) is 0 Å². The number of aromatic nitrogens is 2. The molecule has 2 aromatic carbocycles. The third kappa shape index (κ3) is 4.54. The maximum atomic E-state index is 11.8. The van der Waals surface area contributed by atoms with Crippen molar-refractivity contribution in [1.29, 1.82) is 0 Å². The van der Waals surface area contributed by atoms with Gasteiger partial charge in [0.05, 0.1) is 5.56 Å². The number of carbonyl (C=O) groups excluding carboxylic acids is 2. The fourth-order valence-electron chi connectivity index (χ4n) is 3.34. The van der Waals surface area contributed by atoms with Gasteiger partial charge in [0.15, 0.2) is 0 Å². The first-order valence-corrected chi connectivity index (χ1v) is 9.62. The Balaban J connectivity index is 1.52. The minimum absolute atomic E-state index is 0.155. The number of rotatable bonds is 7. The van der Waals surface area contributed by atoms with Gasteiger partial charge in [-0.2, -0.15) is 4.98 Å². The SMILES string of the molecule is CC(=O)Nc1cccc(Nc2ncc(C(N)=O)c(NC3CC3c3ccccc3)n2)c1. The molecule has 1 aliphatic carbocycles. The van der Waals surface area contributed by atoms with Crippen molar-refractivity contribution >= 4 is 35.0 Å². The molecule has 30 heavy (non-hydrogen) atoms. The van der Waals surface area contributed by atoms with Gasteiger partial charge >= 0.3 is 0 Å². The molecule has 8 heteroatoms. The third-order valence-electron chi connectivity index (χ3n) is 4.83. The van der Waals surface area contributed by atoms with Gasteiger partial charge in [-0.25, -0.2) is 4.98 Å². The van der Waals surface area contributed by atoms with Crippen molar-refractivity contribution in [2.75, 3.05) is 16.0 Å². The second kappa shape index (κ2) is 8.20. The minimum Gasteiger partial charge on any atom is -0.366 e. The van der Waals surface area contributed by atoms with E-state index in [1.54, 1.807) is 18.2 Å². The number of nitrogens with one attached hydrogen (secondary N) is 3. The third-order valence-corrected chi connectivity index (χ3v) is 4.83. The Hall–Kier alpha value is -3.94. The zero-order chi connectivity index (χ0) is 21.1. The molecule has 2 unspecified atom stereocenters. The summed E-state index contributed by atoms with van der Waals surface area (Å²) in [5.74, 6) is 0.347. The van der Waals surface area contributed by atoms with E-state index in [9.17, 15) is 9.59 Å². The number of benzene rings is 2. The van der Waals surface area contributed by atoms with Crippen LogP contribution in [0.5, 0.6) is 0 Å². The minimum atomic E-state index is -0.589. The van der Waals surface area contributed by atoms with Crippen molar-refractivity contribution in [1.82, 2.24) is 9.97 Å². The summed E-state index contributed by atoms with van der Waals surface area (Å²) in [6.45, 7) is 1.45. The second-order valence-electron chi connectivity index (χ2n) is 7.21. The van der Waals surface area contributed by atoms with Gasteiger partial charge in [-0.3, -0.25) is 9.59 Å². The Bertz CT molecular complexity index is 1090. The second-order valence-corrected chi connectivity index (χ2v) is 7.21. The number of amides is 2. The molecule has 2 atom stereocenters. The summed E-state index contributed by atoms with van der Waals surface area (Å²) >= 11 is 0. The van der Waals surface area contributed by atoms with Crippen molar-refractivity contribution in [3.63, 3.8) is 0 Å². The summed E-state index contributed by atoms with van der Waals surface area (Å²) in [6, 6.07) is 17.6. The molecular formula is C22H22N6O2. The molecule has 0 bridgehead atoms. The molecule has 1 heterocycles. The summed E-state index contributed by atoms with van der Waals surface area (Å²) in [4.78, 5) is 31.8. The zero-order valence-electron chi connectivity index (χ0n) is 16.4. The predicted molar refractivity (Wildman–Crippen MR) is 116 cm³/mol. The standard InChI is InChI=1S/C22H22N6O2/c1-13(29)25-15-8-5-9-16(10-15)26-22-24-12-18(20(23)30)21(28-22)27-19-11-17(19)14-6-3-2-4-7-14/h2-10,12,17,19H,11H2,1H3,(H2,23,30)(H,25,29)(H2,24,26,27,28). The number of hydrogen-bond donors (Lipinski definition) is 4. The van der Waals surface area contributed by atoms with Crippen LogP contribution in [0.1, 0.15) is 35.2 Å². The molecular weight excluding hydrogens is 380 g/mol. The molecule has 8 nitrogen and oxygen atoms in total. The van der Waals surface area contributed by atoms with Crippen molar-refractivity contribution in [2.45, 2.75) is 25.3 Å². The van der Waals surface area contributed by atoms with Gasteiger partial charge in [-0.1, -0.05) is 36.4 Å². The van der Waals surface area contributed by atoms with Gasteiger partial charge in [0.2, 0.25) is 11.9 Å². The van der Waals surface area contributed by atoms with E-state index in [4.69, 9.17) is 5.73 Å². The molecule has 0 radical (unpaired) electrons. The number of hydrogen-bond acceptors (Lipinski definition) is 6. The monoisotopic (exact) mass is 402 g/mol. The van der Waals surface area contributed by atoms with E-state index >= 15 is 0 Å². The van der Waals surface area contributed by atoms with Crippen LogP contribution in [0.25, 0.3) is 0 Å². The lowest BCUT2D eigenvalue weighted by molar-refractivity contribution is -0.114. The van der Waals surface area contributed by atoms with Gasteiger partial charge in [0.25, 0.3) is 5.91 Å². The highest BCUT2D eigenvalue weighted by molar-refractivity contribution is 5.97. The van der Waals surface area contributed by atoms with Crippen molar-refractivity contribution < 1.29 is 9.59 Å². The number of carbonyl (C=O) groups is 2. The molecule has 0 aliphatic heterocycles. The molecule has 152 valence electrons. The average Bonchev–Trinajstić information content (AvgIpc) is 3.47. The molecule has 4 rings (SSSR count). The number of anilines is 4. The molecule has 1 saturated carbocycles. The smallest absolute Gasteiger partial charge is 0.254 e. The lowest BCUT2D eigenvalue weighted by Gasteiger charge is -2.12. The highest BCUT2D eigenvalue weighted by atomic mass is 16.1. The van der Waals surface area contributed by atoms with Crippen molar-refractivity contribution in [3.8, 4) is 0 Å². The fourth-order valence-corrected chi connectivity index (χ4v) is 3.34. The Labute approximate surface area is 173 Å². The molecule has 3 aromatic rings. The molecule has 0 saturated heterocycles. The van der Waals surface area contributed by atoms with Crippen LogP contribution in [-0.2, 0) is 4.79 Å². The molecule has 1 aromatic heterocycles. The topological polar surface area (TPSA) is 122 Å². The van der Waals surface area contributed by atoms with E-state index in [1.165, 1.54) is 18.7 Å². The summed E-state index contributed by atoms with van der Waals surface area (Å²) in [5.41, 5.74) is 8.35. The summed E-state index contributed by atoms with van der Waals surface area (Å²) < 4.78 is 0. The lowest BCUT2D eigenvalue weighted by atomic mass is 10.1. The Kier molecular flexibility index (Phi) is 5.30. The molecule has 1 fully saturated rings. The maximum Gasteiger partial charge on any atom is 0.254 e. The number of nitrogens with two attached hydrogens (primary N) is 1. The first kappa shape index (κ1) is 19.4. The Morgan fingerprint density at radius 2 is 1.83 bits per heavy atom. The molecule has 5 N–H and O–H groups in total. The van der Waals surface area contributed by atoms with Crippen LogP contribution < -0.4 is 21.7 Å². The van der Waals surface area contributed by atoms with Crippen LogP contribution in [0.2, 0.25) is 0 Å². The first-order valence-electron chi connectivity index (χ1n) is 9.62. The van der Waals surface area contributed by atoms with Gasteiger partial charge in [0, 0.05) is 36.5 Å². The highest BCUT2D eigenvalue weighted by Gasteiger charge is 2.39. The number of nitrogens with zero attached hydrogens (tertiary/aromatic N) is 2. The van der Waals surface area contributed by atoms with E-state index in [0.717, 1.165) is 6.42 Å².